The predicted molar refractivity (Wildman–Crippen MR) is 79.9 cm³/mol. The molecular formula is C17H16FNO2. The van der Waals surface area contributed by atoms with E-state index in [4.69, 9.17) is 4.74 Å². The number of aromatic amines is 1. The molecule has 3 rings (SSSR count). The highest BCUT2D eigenvalue weighted by Gasteiger charge is 2.33. The normalized spacial score (nSPS) is 14.1. The molecule has 0 amide bonds. The van der Waals surface area contributed by atoms with Crippen LogP contribution in [0.3, 0.4) is 0 Å². The molecule has 0 spiro atoms. The van der Waals surface area contributed by atoms with Crippen molar-refractivity contribution in [2.24, 2.45) is 0 Å². The lowest BCUT2D eigenvalue weighted by atomic mass is 9.85. The number of benzene rings is 2. The number of halogens is 1. The first kappa shape index (κ1) is 13.6. The van der Waals surface area contributed by atoms with Gasteiger partial charge in [0.05, 0.1) is 12.7 Å². The van der Waals surface area contributed by atoms with Gasteiger partial charge in [0.25, 0.3) is 0 Å². The lowest BCUT2D eigenvalue weighted by Crippen LogP contribution is -2.25. The Morgan fingerprint density at radius 2 is 1.90 bits per heavy atom. The van der Waals surface area contributed by atoms with Gasteiger partial charge in [-0.2, -0.15) is 0 Å². The third-order valence-electron chi connectivity index (χ3n) is 3.80. The van der Waals surface area contributed by atoms with Crippen molar-refractivity contribution in [1.29, 1.82) is 0 Å². The molecule has 2 N–H and O–H groups in total. The van der Waals surface area contributed by atoms with Crippen LogP contribution in [-0.2, 0) is 5.60 Å². The molecule has 4 heteroatoms. The largest absolute Gasteiger partial charge is 0.496 e. The fourth-order valence-corrected chi connectivity index (χ4v) is 2.79. The van der Waals surface area contributed by atoms with E-state index in [0.717, 1.165) is 10.9 Å². The maximum atomic E-state index is 14.3. The van der Waals surface area contributed by atoms with Crippen LogP contribution >= 0.6 is 0 Å². The van der Waals surface area contributed by atoms with Crippen LogP contribution in [0.5, 0.6) is 5.75 Å². The number of nitrogens with one attached hydrogen (secondary N) is 1. The quantitative estimate of drug-likeness (QED) is 0.772. The van der Waals surface area contributed by atoms with E-state index in [9.17, 15) is 9.50 Å². The molecule has 0 saturated heterocycles. The molecule has 0 saturated carbocycles. The Kier molecular flexibility index (Phi) is 3.18. The van der Waals surface area contributed by atoms with E-state index in [-0.39, 0.29) is 5.56 Å². The van der Waals surface area contributed by atoms with Crippen LogP contribution in [0, 0.1) is 5.82 Å². The summed E-state index contributed by atoms with van der Waals surface area (Å²) in [7, 11) is 1.46. The van der Waals surface area contributed by atoms with Crippen LogP contribution in [0.1, 0.15) is 18.1 Å². The van der Waals surface area contributed by atoms with Gasteiger partial charge in [-0.05, 0) is 36.8 Å². The maximum Gasteiger partial charge on any atom is 0.133 e. The van der Waals surface area contributed by atoms with Crippen molar-refractivity contribution in [3.8, 4) is 5.75 Å². The molecule has 1 unspecified atom stereocenters. The monoisotopic (exact) mass is 285 g/mol. The number of fused-ring (bicyclic) bond motifs is 1. The molecule has 1 heterocycles. The molecular weight excluding hydrogens is 269 g/mol. The minimum Gasteiger partial charge on any atom is -0.496 e. The smallest absolute Gasteiger partial charge is 0.133 e. The van der Waals surface area contributed by atoms with E-state index in [1.165, 1.54) is 13.2 Å². The zero-order valence-electron chi connectivity index (χ0n) is 11.9. The molecule has 1 aromatic heterocycles. The average molecular weight is 285 g/mol. The predicted octanol–water partition coefficient (Wildman–Crippen LogP) is 3.57. The Balaban J connectivity index is 2.28. The van der Waals surface area contributed by atoms with Crippen LogP contribution in [0.25, 0.3) is 10.9 Å². The van der Waals surface area contributed by atoms with Gasteiger partial charge in [-0.3, -0.25) is 0 Å². The van der Waals surface area contributed by atoms with Crippen molar-refractivity contribution in [3.63, 3.8) is 0 Å². The van der Waals surface area contributed by atoms with E-state index in [2.05, 4.69) is 4.98 Å². The molecule has 0 aliphatic carbocycles. The van der Waals surface area contributed by atoms with Crippen molar-refractivity contribution in [2.45, 2.75) is 12.5 Å². The fourth-order valence-electron chi connectivity index (χ4n) is 2.79. The summed E-state index contributed by atoms with van der Waals surface area (Å²) < 4.78 is 19.5. The average Bonchev–Trinajstić information content (AvgIpc) is 2.94. The lowest BCUT2D eigenvalue weighted by Gasteiger charge is -2.27. The van der Waals surface area contributed by atoms with Gasteiger partial charge in [0.15, 0.2) is 0 Å². The number of aromatic nitrogens is 1. The molecule has 0 fully saturated rings. The van der Waals surface area contributed by atoms with Crippen molar-refractivity contribution in [2.75, 3.05) is 7.11 Å². The molecule has 0 bridgehead atoms. The number of H-pyrrole nitrogens is 1. The van der Waals surface area contributed by atoms with Gasteiger partial charge in [-0.1, -0.05) is 18.2 Å². The van der Waals surface area contributed by atoms with E-state index < -0.39 is 11.4 Å². The van der Waals surface area contributed by atoms with E-state index in [1.807, 2.05) is 18.2 Å². The third-order valence-corrected chi connectivity index (χ3v) is 3.80. The van der Waals surface area contributed by atoms with Crippen molar-refractivity contribution >= 4 is 10.9 Å². The standard InChI is InChI=1S/C17H16FNO2/c1-17(20,16-13(18)6-4-8-15(16)21-2)12-5-3-7-14-11(12)9-10-19-14/h3-10,19-20H,1-2H3. The second-order valence-corrected chi connectivity index (χ2v) is 5.13. The van der Waals surface area contributed by atoms with Gasteiger partial charge in [-0.15, -0.1) is 0 Å². The van der Waals surface area contributed by atoms with E-state index in [0.29, 0.717) is 11.3 Å². The molecule has 108 valence electrons. The molecule has 2 aromatic carbocycles. The Morgan fingerprint density at radius 3 is 2.67 bits per heavy atom. The Bertz CT molecular complexity index is 792. The molecule has 0 radical (unpaired) electrons. The van der Waals surface area contributed by atoms with Crippen LogP contribution in [0.15, 0.2) is 48.7 Å². The first-order valence-corrected chi connectivity index (χ1v) is 6.67. The van der Waals surface area contributed by atoms with Gasteiger partial charge in [-0.25, -0.2) is 4.39 Å². The lowest BCUT2D eigenvalue weighted by molar-refractivity contribution is 0.0960. The summed E-state index contributed by atoms with van der Waals surface area (Å²) in [6, 6.07) is 11.9. The zero-order valence-corrected chi connectivity index (χ0v) is 11.9. The van der Waals surface area contributed by atoms with Gasteiger partial charge in [0.1, 0.15) is 17.2 Å². The fraction of sp³-hybridized carbons (Fsp3) is 0.176. The Labute approximate surface area is 122 Å². The summed E-state index contributed by atoms with van der Waals surface area (Å²) in [4.78, 5) is 3.09. The summed E-state index contributed by atoms with van der Waals surface area (Å²) in [5.74, 6) is -0.167. The number of hydrogen-bond donors (Lipinski definition) is 2. The first-order chi connectivity index (χ1) is 10.1. The minimum atomic E-state index is -1.50. The summed E-state index contributed by atoms with van der Waals surface area (Å²) in [6.45, 7) is 1.58. The minimum absolute atomic E-state index is 0.140. The first-order valence-electron chi connectivity index (χ1n) is 6.67. The van der Waals surface area contributed by atoms with Crippen LogP contribution in [0.2, 0.25) is 0 Å². The summed E-state index contributed by atoms with van der Waals surface area (Å²) in [6.07, 6.45) is 1.79. The highest BCUT2D eigenvalue weighted by Crippen LogP contribution is 2.39. The van der Waals surface area contributed by atoms with Crippen molar-refractivity contribution in [3.05, 3.63) is 65.6 Å². The van der Waals surface area contributed by atoms with Gasteiger partial charge in [0, 0.05) is 17.1 Å². The Hall–Kier alpha value is -2.33. The molecule has 1 atom stereocenters. The number of ether oxygens (including phenoxy) is 1. The van der Waals surface area contributed by atoms with E-state index >= 15 is 0 Å². The topological polar surface area (TPSA) is 45.2 Å². The number of methoxy groups -OCH3 is 1. The van der Waals surface area contributed by atoms with Crippen molar-refractivity contribution < 1.29 is 14.2 Å². The van der Waals surface area contributed by atoms with E-state index in [1.54, 1.807) is 31.3 Å². The van der Waals surface area contributed by atoms with Crippen LogP contribution in [0.4, 0.5) is 4.39 Å². The SMILES string of the molecule is COc1cccc(F)c1C(C)(O)c1cccc2[nH]ccc12. The van der Waals surface area contributed by atoms with Gasteiger partial charge < -0.3 is 14.8 Å². The molecule has 3 nitrogen and oxygen atoms in total. The molecule has 0 aliphatic rings. The summed E-state index contributed by atoms with van der Waals surface area (Å²) in [5.41, 5.74) is 0.159. The van der Waals surface area contributed by atoms with Gasteiger partial charge in [0.2, 0.25) is 0 Å². The number of aliphatic hydroxyl groups is 1. The zero-order chi connectivity index (χ0) is 15.0. The number of rotatable bonds is 3. The summed E-state index contributed by atoms with van der Waals surface area (Å²) in [5, 5.41) is 11.9. The highest BCUT2D eigenvalue weighted by molar-refractivity contribution is 5.84. The maximum absolute atomic E-state index is 14.3. The highest BCUT2D eigenvalue weighted by atomic mass is 19.1. The van der Waals surface area contributed by atoms with Crippen LogP contribution < -0.4 is 4.74 Å². The van der Waals surface area contributed by atoms with Crippen molar-refractivity contribution in [1.82, 2.24) is 4.98 Å². The number of hydrogen-bond acceptors (Lipinski definition) is 2. The summed E-state index contributed by atoms with van der Waals surface area (Å²) >= 11 is 0. The molecule has 3 aromatic rings. The second-order valence-electron chi connectivity index (χ2n) is 5.13. The molecule has 21 heavy (non-hydrogen) atoms. The Morgan fingerprint density at radius 1 is 1.14 bits per heavy atom. The molecule has 0 aliphatic heterocycles. The second kappa shape index (κ2) is 4.90. The third kappa shape index (κ3) is 2.08. The van der Waals surface area contributed by atoms with Gasteiger partial charge >= 0.3 is 0 Å². The van der Waals surface area contributed by atoms with Crippen LogP contribution in [-0.4, -0.2) is 17.2 Å².